The standard InChI is InChI=1S/C13H17NO2/c1-3-15-13(16-4-2)12-9-10-7-5-6-8-11(10)14-12/h5-9,13-14H,3-4H2,1-2H3. The Morgan fingerprint density at radius 2 is 1.81 bits per heavy atom. The molecule has 1 aromatic heterocycles. The largest absolute Gasteiger partial charge is 0.354 e. The molecule has 0 amide bonds. The van der Waals surface area contributed by atoms with Crippen LogP contribution < -0.4 is 0 Å². The van der Waals surface area contributed by atoms with E-state index in [2.05, 4.69) is 17.1 Å². The van der Waals surface area contributed by atoms with Gasteiger partial charge in [0.15, 0.2) is 6.29 Å². The molecule has 3 heteroatoms. The number of hydrogen-bond acceptors (Lipinski definition) is 2. The van der Waals surface area contributed by atoms with Crippen molar-refractivity contribution in [1.82, 2.24) is 4.98 Å². The first-order valence-electron chi connectivity index (χ1n) is 5.66. The van der Waals surface area contributed by atoms with E-state index in [1.807, 2.05) is 32.0 Å². The van der Waals surface area contributed by atoms with E-state index < -0.39 is 0 Å². The Labute approximate surface area is 95.4 Å². The number of para-hydroxylation sites is 1. The number of nitrogens with one attached hydrogen (secondary N) is 1. The van der Waals surface area contributed by atoms with Crippen molar-refractivity contribution in [2.24, 2.45) is 0 Å². The van der Waals surface area contributed by atoms with E-state index >= 15 is 0 Å². The molecule has 2 rings (SSSR count). The van der Waals surface area contributed by atoms with Gasteiger partial charge in [-0.15, -0.1) is 0 Å². The molecule has 0 unspecified atom stereocenters. The zero-order valence-corrected chi connectivity index (χ0v) is 9.69. The van der Waals surface area contributed by atoms with Gasteiger partial charge in [0.05, 0.1) is 5.69 Å². The maximum atomic E-state index is 5.54. The van der Waals surface area contributed by atoms with Crippen LogP contribution >= 0.6 is 0 Å². The Morgan fingerprint density at radius 1 is 1.12 bits per heavy atom. The molecule has 2 aromatic rings. The van der Waals surface area contributed by atoms with Crippen LogP contribution in [0.4, 0.5) is 0 Å². The second kappa shape index (κ2) is 5.14. The van der Waals surface area contributed by atoms with Crippen LogP contribution in [-0.2, 0) is 9.47 Å². The van der Waals surface area contributed by atoms with Crippen LogP contribution in [0.5, 0.6) is 0 Å². The Morgan fingerprint density at radius 3 is 2.44 bits per heavy atom. The predicted octanol–water partition coefficient (Wildman–Crippen LogP) is 3.24. The summed E-state index contributed by atoms with van der Waals surface area (Å²) in [7, 11) is 0. The number of benzene rings is 1. The highest BCUT2D eigenvalue weighted by Crippen LogP contribution is 2.23. The molecular weight excluding hydrogens is 202 g/mol. The third-order valence-corrected chi connectivity index (χ3v) is 2.44. The van der Waals surface area contributed by atoms with E-state index in [9.17, 15) is 0 Å². The van der Waals surface area contributed by atoms with Crippen LogP contribution in [0, 0.1) is 0 Å². The van der Waals surface area contributed by atoms with Crippen LogP contribution in [0.25, 0.3) is 10.9 Å². The van der Waals surface area contributed by atoms with E-state index in [0.717, 1.165) is 11.2 Å². The Balaban J connectivity index is 2.29. The van der Waals surface area contributed by atoms with E-state index in [1.54, 1.807) is 0 Å². The summed E-state index contributed by atoms with van der Waals surface area (Å²) in [5, 5.41) is 1.18. The fourth-order valence-corrected chi connectivity index (χ4v) is 1.75. The summed E-state index contributed by atoms with van der Waals surface area (Å²) in [5.41, 5.74) is 2.09. The van der Waals surface area contributed by atoms with Crippen molar-refractivity contribution in [3.63, 3.8) is 0 Å². The SMILES string of the molecule is CCOC(OCC)c1cc2ccccc2[nH]1. The van der Waals surface area contributed by atoms with Gasteiger partial charge in [-0.05, 0) is 31.4 Å². The number of aromatic nitrogens is 1. The molecule has 0 aliphatic carbocycles. The highest BCUT2D eigenvalue weighted by molar-refractivity contribution is 5.80. The monoisotopic (exact) mass is 219 g/mol. The van der Waals surface area contributed by atoms with Gasteiger partial charge in [-0.3, -0.25) is 0 Å². The lowest BCUT2D eigenvalue weighted by Crippen LogP contribution is -2.08. The molecule has 0 saturated heterocycles. The van der Waals surface area contributed by atoms with Crippen LogP contribution in [0.2, 0.25) is 0 Å². The van der Waals surface area contributed by atoms with Crippen molar-refractivity contribution in [3.05, 3.63) is 36.0 Å². The van der Waals surface area contributed by atoms with Crippen LogP contribution in [0.3, 0.4) is 0 Å². The molecule has 1 heterocycles. The summed E-state index contributed by atoms with van der Waals surface area (Å²) in [5.74, 6) is 0. The average molecular weight is 219 g/mol. The Kier molecular flexibility index (Phi) is 3.59. The normalized spacial score (nSPS) is 11.4. The first-order valence-corrected chi connectivity index (χ1v) is 5.66. The summed E-state index contributed by atoms with van der Waals surface area (Å²) < 4.78 is 11.1. The number of rotatable bonds is 5. The molecule has 0 aliphatic rings. The molecule has 1 N–H and O–H groups in total. The van der Waals surface area contributed by atoms with Crippen molar-refractivity contribution < 1.29 is 9.47 Å². The zero-order chi connectivity index (χ0) is 11.4. The number of aromatic amines is 1. The summed E-state index contributed by atoms with van der Waals surface area (Å²) in [4.78, 5) is 3.32. The van der Waals surface area contributed by atoms with Crippen LogP contribution in [0.15, 0.2) is 30.3 Å². The second-order valence-corrected chi connectivity index (χ2v) is 3.55. The fourth-order valence-electron chi connectivity index (χ4n) is 1.75. The van der Waals surface area contributed by atoms with E-state index in [4.69, 9.17) is 9.47 Å². The second-order valence-electron chi connectivity index (χ2n) is 3.55. The smallest absolute Gasteiger partial charge is 0.198 e. The van der Waals surface area contributed by atoms with Crippen LogP contribution in [0.1, 0.15) is 25.8 Å². The lowest BCUT2D eigenvalue weighted by molar-refractivity contribution is -0.142. The third-order valence-electron chi connectivity index (χ3n) is 2.44. The molecule has 16 heavy (non-hydrogen) atoms. The number of ether oxygens (including phenoxy) is 2. The minimum absolute atomic E-state index is 0.289. The lowest BCUT2D eigenvalue weighted by Gasteiger charge is -2.15. The average Bonchev–Trinajstić information content (AvgIpc) is 2.72. The molecular formula is C13H17NO2. The molecule has 86 valence electrons. The first kappa shape index (κ1) is 11.2. The van der Waals surface area contributed by atoms with Crippen molar-refractivity contribution >= 4 is 10.9 Å². The summed E-state index contributed by atoms with van der Waals surface area (Å²) >= 11 is 0. The van der Waals surface area contributed by atoms with Gasteiger partial charge >= 0.3 is 0 Å². The van der Waals surface area contributed by atoms with Gasteiger partial charge in [0.1, 0.15) is 0 Å². The molecule has 0 radical (unpaired) electrons. The molecule has 0 fully saturated rings. The minimum Gasteiger partial charge on any atom is -0.354 e. The maximum Gasteiger partial charge on any atom is 0.198 e. The first-order chi connectivity index (χ1) is 7.85. The fraction of sp³-hybridized carbons (Fsp3) is 0.385. The summed E-state index contributed by atoms with van der Waals surface area (Å²) in [6, 6.07) is 10.2. The van der Waals surface area contributed by atoms with E-state index in [0.29, 0.717) is 13.2 Å². The quantitative estimate of drug-likeness (QED) is 0.783. The molecule has 0 saturated carbocycles. The summed E-state index contributed by atoms with van der Waals surface area (Å²) in [6.45, 7) is 5.21. The zero-order valence-electron chi connectivity index (χ0n) is 9.69. The van der Waals surface area contributed by atoms with Gasteiger partial charge in [0, 0.05) is 18.7 Å². The maximum absolute atomic E-state index is 5.54. The third kappa shape index (κ3) is 2.26. The van der Waals surface area contributed by atoms with Crippen molar-refractivity contribution in [2.75, 3.05) is 13.2 Å². The van der Waals surface area contributed by atoms with E-state index in [-0.39, 0.29) is 6.29 Å². The van der Waals surface area contributed by atoms with Gasteiger partial charge in [-0.25, -0.2) is 0 Å². The topological polar surface area (TPSA) is 34.2 Å². The van der Waals surface area contributed by atoms with Gasteiger partial charge in [-0.2, -0.15) is 0 Å². The lowest BCUT2D eigenvalue weighted by atomic mass is 10.2. The van der Waals surface area contributed by atoms with Gasteiger partial charge in [0.2, 0.25) is 0 Å². The van der Waals surface area contributed by atoms with Gasteiger partial charge < -0.3 is 14.5 Å². The molecule has 0 atom stereocenters. The van der Waals surface area contributed by atoms with Crippen molar-refractivity contribution in [3.8, 4) is 0 Å². The summed E-state index contributed by atoms with van der Waals surface area (Å²) in [6.07, 6.45) is -0.289. The number of hydrogen-bond donors (Lipinski definition) is 1. The molecule has 3 nitrogen and oxygen atoms in total. The predicted molar refractivity (Wildman–Crippen MR) is 64.3 cm³/mol. The number of H-pyrrole nitrogens is 1. The molecule has 0 bridgehead atoms. The van der Waals surface area contributed by atoms with Crippen molar-refractivity contribution in [1.29, 1.82) is 0 Å². The highest BCUT2D eigenvalue weighted by Gasteiger charge is 2.13. The van der Waals surface area contributed by atoms with Gasteiger partial charge in [0.25, 0.3) is 0 Å². The Hall–Kier alpha value is -1.32. The van der Waals surface area contributed by atoms with Crippen LogP contribution in [-0.4, -0.2) is 18.2 Å². The van der Waals surface area contributed by atoms with E-state index in [1.165, 1.54) is 5.39 Å². The highest BCUT2D eigenvalue weighted by atomic mass is 16.7. The molecule has 1 aromatic carbocycles. The van der Waals surface area contributed by atoms with Crippen molar-refractivity contribution in [2.45, 2.75) is 20.1 Å². The Bertz CT molecular complexity index is 411. The molecule has 0 spiro atoms. The minimum atomic E-state index is -0.289. The number of fused-ring (bicyclic) bond motifs is 1. The van der Waals surface area contributed by atoms with Gasteiger partial charge in [-0.1, -0.05) is 18.2 Å². The molecule has 0 aliphatic heterocycles.